The fourth-order valence-electron chi connectivity index (χ4n) is 2.30. The minimum Gasteiger partial charge on any atom is -0.741 e. The van der Waals surface area contributed by atoms with Gasteiger partial charge in [0.05, 0.1) is 5.57 Å². The van der Waals surface area contributed by atoms with E-state index < -0.39 is 15.6 Å². The van der Waals surface area contributed by atoms with Crippen molar-refractivity contribution in [3.05, 3.63) is 55.2 Å². The highest BCUT2D eigenvalue weighted by Gasteiger charge is 2.37. The lowest BCUT2D eigenvalue weighted by Gasteiger charge is -2.21. The van der Waals surface area contributed by atoms with Crippen LogP contribution in [0.1, 0.15) is 19.8 Å². The van der Waals surface area contributed by atoms with E-state index in [1.165, 1.54) is 7.15 Å². The molecular weight excluding hydrogens is 510 g/mol. The van der Waals surface area contributed by atoms with Crippen LogP contribution in [0.3, 0.4) is 0 Å². The van der Waals surface area contributed by atoms with Crippen LogP contribution in [0.5, 0.6) is 0 Å². The zero-order valence-corrected chi connectivity index (χ0v) is 18.5. The molecule has 2 rings (SSSR count). The molecule has 0 bridgehead atoms. The lowest BCUT2D eigenvalue weighted by molar-refractivity contribution is -0.579. The number of hydrogen-bond acceptors (Lipinski definition) is 4. The quantitative estimate of drug-likeness (QED) is 0.243. The van der Waals surface area contributed by atoms with E-state index in [-0.39, 0.29) is 33.0 Å². The van der Waals surface area contributed by atoms with Crippen molar-refractivity contribution in [1.82, 2.24) is 4.90 Å². The Bertz CT molecular complexity index is 834. The first-order valence-electron chi connectivity index (χ1n) is 8.21. The van der Waals surface area contributed by atoms with Crippen molar-refractivity contribution >= 4 is 16.0 Å². The SMILES string of the molecule is CCC1C=CCC([I+]c2ccccc2)=C1C(=O)N(C)C.O=S(=O)([O-])C(F)(F)F. The van der Waals surface area contributed by atoms with Gasteiger partial charge in [0.15, 0.2) is 17.3 Å². The molecule has 0 fully saturated rings. The molecule has 10 heteroatoms. The maximum atomic E-state index is 12.5. The number of allylic oxidation sites excluding steroid dienone is 3. The average Bonchev–Trinajstić information content (AvgIpc) is 2.60. The van der Waals surface area contributed by atoms with Crippen LogP contribution >= 0.6 is 0 Å². The van der Waals surface area contributed by atoms with Gasteiger partial charge in [0.25, 0.3) is 5.91 Å². The second-order valence-electron chi connectivity index (χ2n) is 5.96. The summed E-state index contributed by atoms with van der Waals surface area (Å²) in [6.45, 7) is 2.15. The van der Waals surface area contributed by atoms with Crippen LogP contribution in [-0.2, 0) is 14.9 Å². The molecule has 1 amide bonds. The van der Waals surface area contributed by atoms with Crippen LogP contribution < -0.4 is 21.2 Å². The van der Waals surface area contributed by atoms with Crippen molar-refractivity contribution in [1.29, 1.82) is 0 Å². The van der Waals surface area contributed by atoms with Gasteiger partial charge in [0.2, 0.25) is 0 Å². The number of likely N-dealkylation sites (N-methyl/N-ethyl adjacent to an activating group) is 1. The van der Waals surface area contributed by atoms with Crippen LogP contribution in [0.4, 0.5) is 13.2 Å². The molecule has 0 heterocycles. The van der Waals surface area contributed by atoms with Gasteiger partial charge in [-0.05, 0) is 18.6 Å². The molecule has 0 saturated heterocycles. The molecule has 0 spiro atoms. The van der Waals surface area contributed by atoms with E-state index in [9.17, 15) is 18.0 Å². The Labute approximate surface area is 173 Å². The number of halogens is 4. The summed E-state index contributed by atoms with van der Waals surface area (Å²) < 4.78 is 61.7. The van der Waals surface area contributed by atoms with Gasteiger partial charge in [-0.2, -0.15) is 13.2 Å². The molecule has 0 aromatic heterocycles. The third kappa shape index (κ3) is 7.21. The van der Waals surface area contributed by atoms with Crippen LogP contribution in [-0.4, -0.2) is 43.4 Å². The Morgan fingerprint density at radius 3 is 2.21 bits per heavy atom. The summed E-state index contributed by atoms with van der Waals surface area (Å²) in [6, 6.07) is 10.6. The summed E-state index contributed by atoms with van der Waals surface area (Å²) in [5.41, 5.74) is -4.59. The molecule has 0 aliphatic heterocycles. The predicted octanol–water partition coefficient (Wildman–Crippen LogP) is 0.325. The van der Waals surface area contributed by atoms with Crippen LogP contribution in [0, 0.1) is 9.49 Å². The van der Waals surface area contributed by atoms with E-state index in [0.717, 1.165) is 18.4 Å². The van der Waals surface area contributed by atoms with E-state index in [0.29, 0.717) is 0 Å². The largest absolute Gasteiger partial charge is 0.741 e. The monoisotopic (exact) mass is 531 g/mol. The van der Waals surface area contributed by atoms with E-state index in [2.05, 4.69) is 43.3 Å². The number of amides is 1. The summed E-state index contributed by atoms with van der Waals surface area (Å²) in [5.74, 6) is 0.476. The Morgan fingerprint density at radius 1 is 1.25 bits per heavy atom. The summed E-state index contributed by atoms with van der Waals surface area (Å²) in [6.07, 6.45) is 6.37. The first kappa shape index (κ1) is 24.6. The Hall–Kier alpha value is -1.40. The third-order valence-electron chi connectivity index (χ3n) is 3.64. The Balaban J connectivity index is 0.000000416. The van der Waals surface area contributed by atoms with Gasteiger partial charge in [0, 0.05) is 26.4 Å². The Kier molecular flexibility index (Phi) is 9.15. The van der Waals surface area contributed by atoms with Crippen LogP contribution in [0.2, 0.25) is 0 Å². The minimum atomic E-state index is -6.09. The molecule has 1 aliphatic rings. The summed E-state index contributed by atoms with van der Waals surface area (Å²) in [4.78, 5) is 14.2. The van der Waals surface area contributed by atoms with Crippen molar-refractivity contribution in [2.24, 2.45) is 5.92 Å². The highest BCUT2D eigenvalue weighted by Crippen LogP contribution is 2.25. The molecule has 1 aromatic carbocycles. The normalized spacial score (nSPS) is 17.0. The number of hydrogen-bond donors (Lipinski definition) is 0. The predicted molar refractivity (Wildman–Crippen MR) is 94.1 cm³/mol. The van der Waals surface area contributed by atoms with E-state index in [4.69, 9.17) is 13.0 Å². The Morgan fingerprint density at radius 2 is 1.79 bits per heavy atom. The second-order valence-corrected chi connectivity index (χ2v) is 10.4. The second kappa shape index (κ2) is 10.4. The highest BCUT2D eigenvalue weighted by molar-refractivity contribution is 7.86. The molecule has 0 saturated carbocycles. The maximum Gasteiger partial charge on any atom is 0.485 e. The van der Waals surface area contributed by atoms with E-state index >= 15 is 0 Å². The smallest absolute Gasteiger partial charge is 0.485 e. The van der Waals surface area contributed by atoms with Gasteiger partial charge in [0.1, 0.15) is 0 Å². The molecular formula is C18H21F3INO4S. The molecule has 28 heavy (non-hydrogen) atoms. The molecule has 0 N–H and O–H groups in total. The first-order chi connectivity index (χ1) is 12.9. The van der Waals surface area contributed by atoms with Crippen LogP contribution in [0.25, 0.3) is 0 Å². The molecule has 156 valence electrons. The lowest BCUT2D eigenvalue weighted by atomic mass is 9.90. The zero-order chi connectivity index (χ0) is 21.5. The maximum absolute atomic E-state index is 12.5. The number of nitrogens with zero attached hydrogens (tertiary/aromatic N) is 1. The topological polar surface area (TPSA) is 77.5 Å². The lowest BCUT2D eigenvalue weighted by Crippen LogP contribution is -3.61. The number of carbonyl (C=O) groups is 1. The fourth-order valence-corrected chi connectivity index (χ4v) is 5.22. The zero-order valence-electron chi connectivity index (χ0n) is 15.5. The van der Waals surface area contributed by atoms with Crippen molar-refractivity contribution in [2.45, 2.75) is 25.3 Å². The summed E-state index contributed by atoms with van der Waals surface area (Å²) in [5, 5.41) is 0. The number of rotatable bonds is 4. The van der Waals surface area contributed by atoms with Gasteiger partial charge in [-0.3, -0.25) is 4.79 Å². The molecule has 1 unspecified atom stereocenters. The van der Waals surface area contributed by atoms with Crippen molar-refractivity contribution in [3.63, 3.8) is 0 Å². The third-order valence-corrected chi connectivity index (χ3v) is 7.23. The standard InChI is InChI=1S/C17H21INO.CHF3O3S/c1-4-13-9-8-12-15(16(13)17(20)19(2)3)18-14-10-6-5-7-11-14;2-1(3,4)8(5,6)7/h5-11,13H,4,12H2,1-3H3;(H,5,6,7)/q+1;/p-1. The first-order valence-corrected chi connectivity index (χ1v) is 11.8. The van der Waals surface area contributed by atoms with Gasteiger partial charge < -0.3 is 9.45 Å². The van der Waals surface area contributed by atoms with E-state index in [1.807, 2.05) is 20.2 Å². The van der Waals surface area contributed by atoms with Gasteiger partial charge in [-0.1, -0.05) is 37.3 Å². The summed E-state index contributed by atoms with van der Waals surface area (Å²) >= 11 is -0.246. The van der Waals surface area contributed by atoms with Gasteiger partial charge >= 0.3 is 26.7 Å². The van der Waals surface area contributed by atoms with Gasteiger partial charge in [-0.15, -0.1) is 0 Å². The number of carbonyl (C=O) groups excluding carboxylic acids is 1. The average molecular weight is 531 g/mol. The molecule has 0 radical (unpaired) electrons. The molecule has 1 aliphatic carbocycles. The highest BCUT2D eigenvalue weighted by atomic mass is 127. The van der Waals surface area contributed by atoms with Crippen LogP contribution in [0.15, 0.2) is 51.6 Å². The summed E-state index contributed by atoms with van der Waals surface area (Å²) in [7, 11) is -2.40. The van der Waals surface area contributed by atoms with Crippen molar-refractivity contribution in [2.75, 3.05) is 14.1 Å². The number of alkyl halides is 3. The molecule has 1 aromatic rings. The molecule has 1 atom stereocenters. The number of benzene rings is 1. The fraction of sp³-hybridized carbons (Fsp3) is 0.389. The van der Waals surface area contributed by atoms with Crippen molar-refractivity contribution in [3.8, 4) is 0 Å². The van der Waals surface area contributed by atoms with Gasteiger partial charge in [-0.25, -0.2) is 8.42 Å². The van der Waals surface area contributed by atoms with E-state index in [1.54, 1.807) is 4.90 Å². The van der Waals surface area contributed by atoms with Crippen molar-refractivity contribution < 1.29 is 52.1 Å². The molecule has 5 nitrogen and oxygen atoms in total. The minimum absolute atomic E-state index is 0.187.